The predicted molar refractivity (Wildman–Crippen MR) is 72.0 cm³/mol. The predicted octanol–water partition coefficient (Wildman–Crippen LogP) is 1.42. The second-order valence-corrected chi connectivity index (χ2v) is 6.83. The lowest BCUT2D eigenvalue weighted by molar-refractivity contribution is 0.0840. The smallest absolute Gasteiger partial charge is 0.0503 e. The highest BCUT2D eigenvalue weighted by molar-refractivity contribution is 8.00. The van der Waals surface area contributed by atoms with E-state index in [1.54, 1.807) is 7.11 Å². The third-order valence-electron chi connectivity index (χ3n) is 3.24. The molecule has 0 aromatic rings. The van der Waals surface area contributed by atoms with E-state index in [-0.39, 0.29) is 0 Å². The molecule has 4 unspecified atom stereocenters. The third kappa shape index (κ3) is 3.91. The molecule has 1 saturated heterocycles. The quantitative estimate of drug-likeness (QED) is 0.796. The van der Waals surface area contributed by atoms with Crippen molar-refractivity contribution in [3.63, 3.8) is 0 Å². The Kier molecular flexibility index (Phi) is 6.11. The van der Waals surface area contributed by atoms with Gasteiger partial charge in [-0.25, -0.2) is 0 Å². The number of nitrogens with two attached hydrogens (primary N) is 1. The molecule has 0 aliphatic carbocycles. The van der Waals surface area contributed by atoms with Crippen molar-refractivity contribution in [3.05, 3.63) is 0 Å². The van der Waals surface area contributed by atoms with Gasteiger partial charge in [-0.2, -0.15) is 11.8 Å². The van der Waals surface area contributed by atoms with Crippen molar-refractivity contribution in [2.45, 2.75) is 37.3 Å². The monoisotopic (exact) mass is 246 g/mol. The molecule has 3 nitrogen and oxygen atoms in total. The molecule has 0 amide bonds. The molecule has 4 heteroatoms. The summed E-state index contributed by atoms with van der Waals surface area (Å²) in [6, 6.07) is 0.464. The van der Waals surface area contributed by atoms with Crippen LogP contribution in [0.15, 0.2) is 0 Å². The van der Waals surface area contributed by atoms with Crippen LogP contribution in [0, 0.1) is 5.92 Å². The summed E-state index contributed by atoms with van der Waals surface area (Å²) >= 11 is 2.08. The molecule has 4 atom stereocenters. The van der Waals surface area contributed by atoms with Gasteiger partial charge in [-0.05, 0) is 5.92 Å². The molecule has 0 spiro atoms. The maximum Gasteiger partial charge on any atom is 0.0503 e. The van der Waals surface area contributed by atoms with Crippen LogP contribution in [0.1, 0.15) is 20.8 Å². The van der Waals surface area contributed by atoms with Crippen LogP contribution in [0.4, 0.5) is 0 Å². The maximum absolute atomic E-state index is 5.92. The summed E-state index contributed by atoms with van der Waals surface area (Å²) in [7, 11) is 1.77. The SMILES string of the molecule is COCC(C)C(CN)N1CC(C)SC(C)C1. The van der Waals surface area contributed by atoms with Crippen LogP contribution in [-0.2, 0) is 4.74 Å². The first-order chi connectivity index (χ1) is 7.58. The summed E-state index contributed by atoms with van der Waals surface area (Å²) < 4.78 is 5.24. The van der Waals surface area contributed by atoms with Gasteiger partial charge in [0.1, 0.15) is 0 Å². The molecule has 1 aliphatic heterocycles. The number of ether oxygens (including phenoxy) is 1. The second kappa shape index (κ2) is 6.84. The standard InChI is InChI=1S/C12H26N2OS/c1-9(8-15-4)12(5-13)14-6-10(2)16-11(3)7-14/h9-12H,5-8,13H2,1-4H3. The minimum absolute atomic E-state index is 0.464. The molecule has 0 saturated carbocycles. The van der Waals surface area contributed by atoms with Crippen molar-refractivity contribution >= 4 is 11.8 Å². The Hall–Kier alpha value is 0.230. The Labute approximate surface area is 104 Å². The Balaban J connectivity index is 2.57. The summed E-state index contributed by atoms with van der Waals surface area (Å²) in [4.78, 5) is 2.55. The fraction of sp³-hybridized carbons (Fsp3) is 1.00. The molecule has 1 heterocycles. The van der Waals surface area contributed by atoms with Gasteiger partial charge in [0.2, 0.25) is 0 Å². The van der Waals surface area contributed by atoms with Crippen molar-refractivity contribution in [2.24, 2.45) is 11.7 Å². The topological polar surface area (TPSA) is 38.5 Å². The third-order valence-corrected chi connectivity index (χ3v) is 4.47. The Morgan fingerprint density at radius 1 is 1.38 bits per heavy atom. The zero-order chi connectivity index (χ0) is 12.1. The number of hydrogen-bond donors (Lipinski definition) is 1. The number of hydrogen-bond acceptors (Lipinski definition) is 4. The first kappa shape index (κ1) is 14.3. The van der Waals surface area contributed by atoms with E-state index in [9.17, 15) is 0 Å². The molecule has 0 aromatic heterocycles. The Morgan fingerprint density at radius 2 is 1.94 bits per heavy atom. The molecule has 0 radical (unpaired) electrons. The average Bonchev–Trinajstić information content (AvgIpc) is 2.17. The first-order valence-electron chi connectivity index (χ1n) is 6.17. The minimum atomic E-state index is 0.464. The fourth-order valence-corrected chi connectivity index (χ4v) is 3.95. The van der Waals surface area contributed by atoms with Crippen LogP contribution in [0.2, 0.25) is 0 Å². The van der Waals surface area contributed by atoms with Gasteiger partial charge in [0.05, 0.1) is 6.61 Å². The molecule has 0 aromatic carbocycles. The Morgan fingerprint density at radius 3 is 2.38 bits per heavy atom. The molecule has 2 N–H and O–H groups in total. The van der Waals surface area contributed by atoms with Gasteiger partial charge < -0.3 is 10.5 Å². The van der Waals surface area contributed by atoms with E-state index in [0.29, 0.717) is 22.5 Å². The lowest BCUT2D eigenvalue weighted by Gasteiger charge is -2.41. The lowest BCUT2D eigenvalue weighted by atomic mass is 10.0. The van der Waals surface area contributed by atoms with Gasteiger partial charge in [0, 0.05) is 43.3 Å². The van der Waals surface area contributed by atoms with Crippen LogP contribution in [-0.4, -0.2) is 54.8 Å². The molecule has 96 valence electrons. The van der Waals surface area contributed by atoms with E-state index >= 15 is 0 Å². The number of rotatable bonds is 5. The van der Waals surface area contributed by atoms with E-state index < -0.39 is 0 Å². The molecular weight excluding hydrogens is 220 g/mol. The summed E-state index contributed by atoms with van der Waals surface area (Å²) in [6.45, 7) is 10.7. The lowest BCUT2D eigenvalue weighted by Crippen LogP contribution is -2.52. The molecule has 1 fully saturated rings. The van der Waals surface area contributed by atoms with Crippen molar-refractivity contribution in [1.82, 2.24) is 4.90 Å². The molecule has 0 bridgehead atoms. The van der Waals surface area contributed by atoms with E-state index in [1.165, 1.54) is 0 Å². The number of thioether (sulfide) groups is 1. The average molecular weight is 246 g/mol. The summed E-state index contributed by atoms with van der Waals surface area (Å²) in [6.07, 6.45) is 0. The second-order valence-electron chi connectivity index (χ2n) is 4.95. The fourth-order valence-electron chi connectivity index (χ4n) is 2.60. The molecule has 1 aliphatic rings. The maximum atomic E-state index is 5.92. The molecular formula is C12H26N2OS. The molecule has 1 rings (SSSR count). The van der Waals surface area contributed by atoms with Crippen molar-refractivity contribution < 1.29 is 4.74 Å². The minimum Gasteiger partial charge on any atom is -0.384 e. The van der Waals surface area contributed by atoms with E-state index in [1.807, 2.05) is 0 Å². The Bertz CT molecular complexity index is 193. The van der Waals surface area contributed by atoms with E-state index in [2.05, 4.69) is 37.4 Å². The van der Waals surface area contributed by atoms with Crippen LogP contribution < -0.4 is 5.73 Å². The first-order valence-corrected chi connectivity index (χ1v) is 7.11. The number of methoxy groups -OCH3 is 1. The highest BCUT2D eigenvalue weighted by atomic mass is 32.2. The normalized spacial score (nSPS) is 31.3. The summed E-state index contributed by atoms with van der Waals surface area (Å²) in [5.41, 5.74) is 5.92. The zero-order valence-corrected chi connectivity index (χ0v) is 11.8. The molecule has 16 heavy (non-hydrogen) atoms. The highest BCUT2D eigenvalue weighted by Gasteiger charge is 2.29. The van der Waals surface area contributed by atoms with Crippen LogP contribution in [0.3, 0.4) is 0 Å². The van der Waals surface area contributed by atoms with Crippen LogP contribution in [0.5, 0.6) is 0 Å². The highest BCUT2D eigenvalue weighted by Crippen LogP contribution is 2.27. The van der Waals surface area contributed by atoms with Crippen molar-refractivity contribution in [1.29, 1.82) is 0 Å². The largest absolute Gasteiger partial charge is 0.384 e. The van der Waals surface area contributed by atoms with Crippen LogP contribution in [0.25, 0.3) is 0 Å². The summed E-state index contributed by atoms with van der Waals surface area (Å²) in [5.74, 6) is 0.512. The van der Waals surface area contributed by atoms with Gasteiger partial charge >= 0.3 is 0 Å². The van der Waals surface area contributed by atoms with Gasteiger partial charge in [-0.15, -0.1) is 0 Å². The zero-order valence-electron chi connectivity index (χ0n) is 11.0. The van der Waals surface area contributed by atoms with Crippen molar-refractivity contribution in [2.75, 3.05) is 33.4 Å². The van der Waals surface area contributed by atoms with E-state index in [4.69, 9.17) is 10.5 Å². The van der Waals surface area contributed by atoms with Gasteiger partial charge in [-0.1, -0.05) is 20.8 Å². The van der Waals surface area contributed by atoms with Gasteiger partial charge in [0.15, 0.2) is 0 Å². The van der Waals surface area contributed by atoms with Gasteiger partial charge in [-0.3, -0.25) is 4.90 Å². The van der Waals surface area contributed by atoms with Crippen LogP contribution >= 0.6 is 11.8 Å². The van der Waals surface area contributed by atoms with E-state index in [0.717, 1.165) is 26.2 Å². The van der Waals surface area contributed by atoms with Gasteiger partial charge in [0.25, 0.3) is 0 Å². The number of nitrogens with zero attached hydrogens (tertiary/aromatic N) is 1. The summed E-state index contributed by atoms with van der Waals surface area (Å²) in [5, 5.41) is 1.43. The van der Waals surface area contributed by atoms with Crippen molar-refractivity contribution in [3.8, 4) is 0 Å².